The van der Waals surface area contributed by atoms with Gasteiger partial charge in [-0.2, -0.15) is 0 Å². The minimum atomic E-state index is -0.0836. The Morgan fingerprint density at radius 1 is 1.04 bits per heavy atom. The molecule has 140 valence electrons. The second-order valence-corrected chi connectivity index (χ2v) is 7.67. The van der Waals surface area contributed by atoms with Gasteiger partial charge in [-0.3, -0.25) is 4.79 Å². The van der Waals surface area contributed by atoms with Gasteiger partial charge >= 0.3 is 0 Å². The summed E-state index contributed by atoms with van der Waals surface area (Å²) in [6, 6.07) is 12.5. The minimum absolute atomic E-state index is 0.0836. The maximum atomic E-state index is 12.9. The molecule has 0 radical (unpaired) electrons. The molecule has 0 unspecified atom stereocenters. The Morgan fingerprint density at radius 2 is 1.74 bits per heavy atom. The fraction of sp³-hybridized carbons (Fsp3) is 0.318. The molecule has 2 aromatic rings. The number of carbonyl (C=O) groups excluding carboxylic acids is 1. The lowest BCUT2D eigenvalue weighted by Crippen LogP contribution is -2.27. The molecule has 27 heavy (non-hydrogen) atoms. The average molecular weight is 381 g/mol. The summed E-state index contributed by atoms with van der Waals surface area (Å²) in [5, 5.41) is 3.50. The number of benzene rings is 2. The van der Waals surface area contributed by atoms with Gasteiger partial charge in [0.25, 0.3) is 0 Å². The van der Waals surface area contributed by atoms with Crippen molar-refractivity contribution in [1.82, 2.24) is 0 Å². The molecule has 1 N–H and O–H groups in total. The van der Waals surface area contributed by atoms with E-state index in [1.807, 2.05) is 12.1 Å². The second kappa shape index (κ2) is 7.31. The summed E-state index contributed by atoms with van der Waals surface area (Å²) in [6.07, 6.45) is 4.47. The van der Waals surface area contributed by atoms with Gasteiger partial charge in [0, 0.05) is 40.3 Å². The first-order valence-electron chi connectivity index (χ1n) is 9.09. The maximum Gasteiger partial charge on any atom is 0.162 e. The molecule has 2 aromatic carbocycles. The van der Waals surface area contributed by atoms with Crippen molar-refractivity contribution in [3.05, 3.63) is 58.8 Å². The monoisotopic (exact) mass is 381 g/mol. The Morgan fingerprint density at radius 3 is 2.41 bits per heavy atom. The minimum Gasteiger partial charge on any atom is -0.493 e. The average Bonchev–Trinajstić information content (AvgIpc) is 2.71. The Hall–Kier alpha value is -2.40. The smallest absolute Gasteiger partial charge is 0.162 e. The van der Waals surface area contributed by atoms with Crippen molar-refractivity contribution < 1.29 is 14.3 Å². The molecule has 4 rings (SSSR count). The van der Waals surface area contributed by atoms with Crippen LogP contribution < -0.4 is 14.8 Å². The molecule has 0 aromatic heterocycles. The Labute approximate surface area is 163 Å². The number of fused-ring (bicyclic) bond motifs is 1. The van der Waals surface area contributed by atoms with Crippen molar-refractivity contribution in [2.75, 3.05) is 25.8 Å². The predicted molar refractivity (Wildman–Crippen MR) is 109 cm³/mol. The standard InChI is InChI=1S/C22H23NO3S/c1-25-19-11-15-17(12-20(19)26-2)23-16-5-4-6-18(24)22(16)21(15)13-7-9-14(27-3)10-8-13/h7-12,21,23H,4-6H2,1-3H3/t21-/m0/s1. The van der Waals surface area contributed by atoms with Crippen LogP contribution in [0.25, 0.3) is 0 Å². The molecule has 0 fully saturated rings. The summed E-state index contributed by atoms with van der Waals surface area (Å²) in [5.41, 5.74) is 5.12. The van der Waals surface area contributed by atoms with Gasteiger partial charge in [0.15, 0.2) is 17.3 Å². The highest BCUT2D eigenvalue weighted by Gasteiger charge is 2.35. The van der Waals surface area contributed by atoms with Crippen LogP contribution in [0.5, 0.6) is 11.5 Å². The number of allylic oxidation sites excluding steroid dienone is 2. The van der Waals surface area contributed by atoms with E-state index in [4.69, 9.17) is 9.47 Å². The number of anilines is 1. The molecule has 0 saturated heterocycles. The third kappa shape index (κ3) is 3.10. The van der Waals surface area contributed by atoms with Crippen LogP contribution in [0.2, 0.25) is 0 Å². The molecule has 1 atom stereocenters. The number of thioether (sulfide) groups is 1. The van der Waals surface area contributed by atoms with E-state index in [-0.39, 0.29) is 11.7 Å². The van der Waals surface area contributed by atoms with Crippen LogP contribution in [-0.4, -0.2) is 26.3 Å². The molecular formula is C22H23NO3S. The zero-order valence-electron chi connectivity index (χ0n) is 15.8. The number of hydrogen-bond acceptors (Lipinski definition) is 5. The third-order valence-electron chi connectivity index (χ3n) is 5.35. The number of ketones is 1. The van der Waals surface area contributed by atoms with Crippen molar-refractivity contribution in [3.63, 3.8) is 0 Å². The molecular weight excluding hydrogens is 358 g/mol. The molecule has 1 aliphatic carbocycles. The van der Waals surface area contributed by atoms with E-state index in [2.05, 4.69) is 35.8 Å². The Kier molecular flexibility index (Phi) is 4.87. The summed E-state index contributed by atoms with van der Waals surface area (Å²) < 4.78 is 11.0. The van der Waals surface area contributed by atoms with E-state index in [1.165, 1.54) is 4.90 Å². The van der Waals surface area contributed by atoms with Crippen LogP contribution in [0.3, 0.4) is 0 Å². The molecule has 0 bridgehead atoms. The first kappa shape index (κ1) is 18.0. The van der Waals surface area contributed by atoms with Crippen LogP contribution >= 0.6 is 11.8 Å². The van der Waals surface area contributed by atoms with Crippen LogP contribution in [-0.2, 0) is 4.79 Å². The van der Waals surface area contributed by atoms with Crippen LogP contribution in [0, 0.1) is 0 Å². The molecule has 0 spiro atoms. The van der Waals surface area contributed by atoms with Crippen molar-refractivity contribution in [1.29, 1.82) is 0 Å². The summed E-state index contributed by atoms with van der Waals surface area (Å²) in [7, 11) is 3.28. The van der Waals surface area contributed by atoms with Gasteiger partial charge in [0.05, 0.1) is 14.2 Å². The summed E-state index contributed by atoms with van der Waals surface area (Å²) in [6.45, 7) is 0. The highest BCUT2D eigenvalue weighted by Crippen LogP contribution is 2.48. The maximum absolute atomic E-state index is 12.9. The lowest BCUT2D eigenvalue weighted by atomic mass is 9.75. The van der Waals surface area contributed by atoms with Crippen molar-refractivity contribution >= 4 is 23.2 Å². The van der Waals surface area contributed by atoms with Crippen molar-refractivity contribution in [2.45, 2.75) is 30.1 Å². The fourth-order valence-electron chi connectivity index (χ4n) is 4.03. The second-order valence-electron chi connectivity index (χ2n) is 6.79. The van der Waals surface area contributed by atoms with E-state index in [0.717, 1.165) is 40.9 Å². The summed E-state index contributed by atoms with van der Waals surface area (Å²) >= 11 is 1.72. The van der Waals surface area contributed by atoms with E-state index in [0.29, 0.717) is 17.9 Å². The molecule has 5 heteroatoms. The Balaban J connectivity index is 1.92. The topological polar surface area (TPSA) is 47.6 Å². The number of nitrogens with one attached hydrogen (secondary N) is 1. The highest BCUT2D eigenvalue weighted by atomic mass is 32.2. The highest BCUT2D eigenvalue weighted by molar-refractivity contribution is 7.98. The quantitative estimate of drug-likeness (QED) is 0.756. The van der Waals surface area contributed by atoms with Gasteiger partial charge in [-0.1, -0.05) is 12.1 Å². The number of carbonyl (C=O) groups is 1. The number of ether oxygens (including phenoxy) is 2. The third-order valence-corrected chi connectivity index (χ3v) is 6.09. The first-order chi connectivity index (χ1) is 13.2. The van der Waals surface area contributed by atoms with Gasteiger partial charge in [-0.25, -0.2) is 0 Å². The summed E-state index contributed by atoms with van der Waals surface area (Å²) in [4.78, 5) is 14.1. The number of rotatable bonds is 4. The first-order valence-corrected chi connectivity index (χ1v) is 10.3. The fourth-order valence-corrected chi connectivity index (χ4v) is 4.44. The SMILES string of the molecule is COc1cc2c(cc1OC)[C@H](c1ccc(SC)cc1)C1=C(CCCC1=O)N2. The van der Waals surface area contributed by atoms with Gasteiger partial charge in [0.1, 0.15) is 0 Å². The summed E-state index contributed by atoms with van der Waals surface area (Å²) in [5.74, 6) is 1.52. The molecule has 4 nitrogen and oxygen atoms in total. The Bertz CT molecular complexity index is 918. The zero-order valence-corrected chi connectivity index (χ0v) is 16.6. The molecule has 0 saturated carbocycles. The number of Topliss-reactive ketones (excluding diaryl/α,β-unsaturated/α-hetero) is 1. The van der Waals surface area contributed by atoms with Gasteiger partial charge in [-0.05, 0) is 48.4 Å². The number of hydrogen-bond donors (Lipinski definition) is 1. The van der Waals surface area contributed by atoms with Gasteiger partial charge in [0.2, 0.25) is 0 Å². The van der Waals surface area contributed by atoms with Crippen molar-refractivity contribution in [3.8, 4) is 11.5 Å². The van der Waals surface area contributed by atoms with Crippen LogP contribution in [0.4, 0.5) is 5.69 Å². The molecule has 1 aliphatic heterocycles. The zero-order chi connectivity index (χ0) is 19.0. The van der Waals surface area contributed by atoms with Crippen molar-refractivity contribution in [2.24, 2.45) is 0 Å². The predicted octanol–water partition coefficient (Wildman–Crippen LogP) is 4.99. The van der Waals surface area contributed by atoms with E-state index in [1.54, 1.807) is 26.0 Å². The lowest BCUT2D eigenvalue weighted by molar-refractivity contribution is -0.116. The van der Waals surface area contributed by atoms with Crippen LogP contribution in [0.15, 0.2) is 52.6 Å². The number of methoxy groups -OCH3 is 2. The van der Waals surface area contributed by atoms with Gasteiger partial charge < -0.3 is 14.8 Å². The molecule has 0 amide bonds. The van der Waals surface area contributed by atoms with E-state index < -0.39 is 0 Å². The molecule has 2 aliphatic rings. The largest absolute Gasteiger partial charge is 0.493 e. The normalized spacial score (nSPS) is 18.5. The molecule has 1 heterocycles. The van der Waals surface area contributed by atoms with E-state index in [9.17, 15) is 4.79 Å². The lowest BCUT2D eigenvalue weighted by Gasteiger charge is -2.34. The van der Waals surface area contributed by atoms with Gasteiger partial charge in [-0.15, -0.1) is 11.8 Å². The van der Waals surface area contributed by atoms with Crippen LogP contribution in [0.1, 0.15) is 36.3 Å². The van der Waals surface area contributed by atoms with E-state index >= 15 is 0 Å².